The average molecular weight is 455 g/mol. The predicted octanol–water partition coefficient (Wildman–Crippen LogP) is 3.47. The normalized spacial score (nSPS) is 9.82. The topological polar surface area (TPSA) is 35.0 Å². The summed E-state index contributed by atoms with van der Waals surface area (Å²) in [5.74, 6) is 2.86. The van der Waals surface area contributed by atoms with Gasteiger partial charge in [0.1, 0.15) is 0 Å². The second kappa shape index (κ2) is 27.4. The molecule has 0 aromatic heterocycles. The van der Waals surface area contributed by atoms with Crippen LogP contribution in [0.25, 0.3) is 0 Å². The van der Waals surface area contributed by atoms with E-state index in [0.29, 0.717) is 0 Å². The van der Waals surface area contributed by atoms with Crippen LogP contribution in [-0.2, 0) is 25.6 Å². The van der Waals surface area contributed by atoms with E-state index in [1.807, 2.05) is 0 Å². The number of hydrogen-bond acceptors (Lipinski definition) is 5. The molecule has 0 rings (SSSR count). The van der Waals surface area contributed by atoms with Crippen molar-refractivity contribution in [3.8, 4) is 0 Å². The molecule has 0 heterocycles. The van der Waals surface area contributed by atoms with Crippen molar-refractivity contribution in [3.63, 3.8) is 0 Å². The van der Waals surface area contributed by atoms with Crippen LogP contribution in [0, 0.1) is 0 Å². The van der Waals surface area contributed by atoms with Gasteiger partial charge in [-0.3, -0.25) is 0 Å². The van der Waals surface area contributed by atoms with Crippen molar-refractivity contribution in [2.45, 2.75) is 39.5 Å². The van der Waals surface area contributed by atoms with Gasteiger partial charge >= 0.3 is 20.1 Å². The zero-order valence-corrected chi connectivity index (χ0v) is 19.0. The van der Waals surface area contributed by atoms with Gasteiger partial charge in [0.2, 0.25) is 0 Å². The molecule has 1 radical (unpaired) electrons. The first-order valence-corrected chi connectivity index (χ1v) is 9.79. The fourth-order valence-corrected chi connectivity index (χ4v) is 2.66. The molecule has 0 aromatic carbocycles. The molecule has 0 aliphatic heterocycles. The smallest absolute Gasteiger partial charge is 2.00 e. The van der Waals surface area contributed by atoms with Gasteiger partial charge in [0, 0.05) is 36.9 Å². The Morgan fingerprint density at radius 3 is 1.32 bits per heavy atom. The maximum absolute atomic E-state index is 4.26. The number of nitrogens with zero attached hydrogens (tertiary/aromatic N) is 2. The van der Waals surface area contributed by atoms with Crippen molar-refractivity contribution in [2.75, 3.05) is 57.0 Å². The second-order valence-electron chi connectivity index (χ2n) is 5.02. The molecular formula is C15H36N2OS3Tc+4. The van der Waals surface area contributed by atoms with Gasteiger partial charge in [0.25, 0.3) is 0 Å². The van der Waals surface area contributed by atoms with E-state index < -0.39 is 0 Å². The van der Waals surface area contributed by atoms with Crippen molar-refractivity contribution in [2.24, 2.45) is 0 Å². The van der Waals surface area contributed by atoms with Crippen LogP contribution in [0.4, 0.5) is 0 Å². The van der Waals surface area contributed by atoms with Gasteiger partial charge in [-0.1, -0.05) is 26.7 Å². The van der Waals surface area contributed by atoms with Crippen LogP contribution in [0.15, 0.2) is 0 Å². The van der Waals surface area contributed by atoms with Gasteiger partial charge in [0.05, 0.1) is 0 Å². The van der Waals surface area contributed by atoms with Crippen LogP contribution in [-0.4, -0.2) is 66.8 Å². The average Bonchev–Trinajstić information content (AvgIpc) is 2.43. The first-order valence-electron chi connectivity index (χ1n) is 7.89. The van der Waals surface area contributed by atoms with E-state index in [1.54, 1.807) is 0 Å². The molecule has 0 bridgehead atoms. The Labute approximate surface area is 169 Å². The largest absolute Gasteiger partial charge is 6.00 e. The fraction of sp³-hybridized carbons (Fsp3) is 1.00. The SMILES string of the molecule is CCCCN(CCS)CCCC.CN(CCS)CCS.[O-2].[Tc+6]. The van der Waals surface area contributed by atoms with Gasteiger partial charge in [-0.25, -0.2) is 0 Å². The molecule has 0 unspecified atom stereocenters. The first kappa shape index (κ1) is 31.4. The van der Waals surface area contributed by atoms with Crippen molar-refractivity contribution in [1.29, 1.82) is 0 Å². The van der Waals surface area contributed by atoms with E-state index >= 15 is 0 Å². The predicted molar refractivity (Wildman–Crippen MR) is 106 cm³/mol. The summed E-state index contributed by atoms with van der Waals surface area (Å²) in [7, 11) is 2.08. The molecule has 0 aromatic rings. The standard InChI is InChI=1S/C10H23NS.C5H13NS2.O.Tc/c1-3-5-7-11(9-10-12)8-6-4-2;1-6(2-4-7)3-5-8;;/h12H,3-10H2,1-2H3;7-8H,2-5H2,1H3;;/q;;-2;+6. The number of unbranched alkanes of at least 4 members (excludes halogenated alkanes) is 2. The minimum atomic E-state index is 0. The molecule has 0 saturated carbocycles. The van der Waals surface area contributed by atoms with Crippen LogP contribution in [0.2, 0.25) is 0 Å². The molecule has 0 aliphatic carbocycles. The molecule has 133 valence electrons. The second-order valence-corrected chi connectivity index (χ2v) is 6.36. The zero-order valence-electron chi connectivity index (χ0n) is 14.5. The summed E-state index contributed by atoms with van der Waals surface area (Å²) in [5, 5.41) is 0. The summed E-state index contributed by atoms with van der Waals surface area (Å²) in [6.07, 6.45) is 5.26. The molecule has 0 atom stereocenters. The summed E-state index contributed by atoms with van der Waals surface area (Å²) in [6.45, 7) is 10.3. The van der Waals surface area contributed by atoms with E-state index in [2.05, 4.69) is 68.6 Å². The first-order chi connectivity index (χ1) is 9.65. The van der Waals surface area contributed by atoms with Gasteiger partial charge in [-0.15, -0.1) is 0 Å². The van der Waals surface area contributed by atoms with Crippen molar-refractivity contribution in [1.82, 2.24) is 9.80 Å². The molecular weight excluding hydrogens is 418 g/mol. The Morgan fingerprint density at radius 2 is 1.05 bits per heavy atom. The Hall–Kier alpha value is 1.58. The van der Waals surface area contributed by atoms with Crippen molar-refractivity contribution >= 4 is 37.9 Å². The molecule has 0 saturated heterocycles. The summed E-state index contributed by atoms with van der Waals surface area (Å²) >= 11 is 12.4. The van der Waals surface area contributed by atoms with Crippen LogP contribution in [0.1, 0.15) is 39.5 Å². The van der Waals surface area contributed by atoms with E-state index in [1.165, 1.54) is 38.8 Å². The Kier molecular flexibility index (Phi) is 39.1. The van der Waals surface area contributed by atoms with Crippen LogP contribution in [0.3, 0.4) is 0 Å². The van der Waals surface area contributed by atoms with Gasteiger partial charge in [-0.2, -0.15) is 37.9 Å². The van der Waals surface area contributed by atoms with Gasteiger partial charge in [-0.05, 0) is 33.0 Å². The van der Waals surface area contributed by atoms with E-state index in [9.17, 15) is 0 Å². The third-order valence-electron chi connectivity index (χ3n) is 3.04. The summed E-state index contributed by atoms with van der Waals surface area (Å²) in [6, 6.07) is 0. The van der Waals surface area contributed by atoms with Gasteiger partial charge < -0.3 is 15.3 Å². The summed E-state index contributed by atoms with van der Waals surface area (Å²) in [4.78, 5) is 4.74. The third kappa shape index (κ3) is 26.5. The Balaban J connectivity index is -0.000000144. The summed E-state index contributed by atoms with van der Waals surface area (Å²) in [5.41, 5.74) is 0. The number of hydrogen-bond donors (Lipinski definition) is 3. The van der Waals surface area contributed by atoms with Crippen molar-refractivity contribution in [3.05, 3.63) is 0 Å². The molecule has 0 aliphatic rings. The van der Waals surface area contributed by atoms with Crippen LogP contribution >= 0.6 is 37.9 Å². The number of thiol groups is 3. The van der Waals surface area contributed by atoms with E-state index in [4.69, 9.17) is 0 Å². The molecule has 0 N–H and O–H groups in total. The minimum absolute atomic E-state index is 0. The van der Waals surface area contributed by atoms with E-state index in [0.717, 1.165) is 36.9 Å². The maximum Gasteiger partial charge on any atom is 6.00 e. The summed E-state index contributed by atoms with van der Waals surface area (Å²) < 4.78 is 0. The van der Waals surface area contributed by atoms with Gasteiger partial charge in [0.15, 0.2) is 0 Å². The monoisotopic (exact) mass is 453 g/mol. The minimum Gasteiger partial charge on any atom is -2.00 e. The maximum atomic E-state index is 4.26. The Morgan fingerprint density at radius 1 is 0.682 bits per heavy atom. The quantitative estimate of drug-likeness (QED) is 0.395. The molecule has 3 nitrogen and oxygen atoms in total. The fourth-order valence-electron chi connectivity index (χ4n) is 1.69. The molecule has 0 amide bonds. The molecule has 7 heteroatoms. The van der Waals surface area contributed by atoms with E-state index in [-0.39, 0.29) is 25.6 Å². The third-order valence-corrected chi connectivity index (χ3v) is 3.64. The molecule has 0 spiro atoms. The Bertz CT molecular complexity index is 169. The molecule has 0 fully saturated rings. The van der Waals surface area contributed by atoms with Crippen molar-refractivity contribution < 1.29 is 25.6 Å². The number of rotatable bonds is 12. The van der Waals surface area contributed by atoms with Crippen LogP contribution < -0.4 is 0 Å². The zero-order chi connectivity index (χ0) is 15.6. The van der Waals surface area contributed by atoms with Crippen LogP contribution in [0.5, 0.6) is 0 Å². The molecule has 22 heavy (non-hydrogen) atoms.